The second kappa shape index (κ2) is 8.42. The van der Waals surface area contributed by atoms with Crippen LogP contribution in [0.25, 0.3) is 0 Å². The molecule has 0 unspecified atom stereocenters. The maximum absolute atomic E-state index is 12.5. The van der Waals surface area contributed by atoms with Crippen LogP contribution in [0.4, 0.5) is 10.5 Å². The summed E-state index contributed by atoms with van der Waals surface area (Å²) in [5.41, 5.74) is 0.578. The topological polar surface area (TPSA) is 77.1 Å². The molecule has 1 N–H and O–H groups in total. The predicted octanol–water partition coefficient (Wildman–Crippen LogP) is 2.51. The Labute approximate surface area is 141 Å². The molecule has 1 saturated heterocycles. The lowest BCUT2D eigenvalue weighted by Gasteiger charge is -2.31. The van der Waals surface area contributed by atoms with E-state index in [0.29, 0.717) is 36.9 Å². The maximum atomic E-state index is 12.5. The number of ether oxygens (including phenoxy) is 3. The number of carbonyl (C=O) groups excluding carboxylic acids is 2. The first kappa shape index (κ1) is 17.9. The summed E-state index contributed by atoms with van der Waals surface area (Å²) in [7, 11) is 3.10. The molecular formula is C17H24N2O5. The molecule has 1 atom stereocenters. The fourth-order valence-corrected chi connectivity index (χ4v) is 2.70. The molecule has 0 spiro atoms. The van der Waals surface area contributed by atoms with Gasteiger partial charge in [-0.2, -0.15) is 0 Å². The van der Waals surface area contributed by atoms with Gasteiger partial charge in [0.05, 0.1) is 26.7 Å². The van der Waals surface area contributed by atoms with Crippen LogP contribution in [-0.4, -0.2) is 50.8 Å². The highest BCUT2D eigenvalue weighted by Gasteiger charge is 2.29. The van der Waals surface area contributed by atoms with E-state index in [9.17, 15) is 9.59 Å². The van der Waals surface area contributed by atoms with Gasteiger partial charge in [-0.1, -0.05) is 0 Å². The molecule has 1 aromatic rings. The number of hydrogen-bond acceptors (Lipinski definition) is 5. The van der Waals surface area contributed by atoms with E-state index in [1.165, 1.54) is 0 Å². The molecule has 24 heavy (non-hydrogen) atoms. The standard InChI is InChI=1S/C17H24N2O5/c1-4-24-16(20)12-6-5-7-19(11-12)17(21)18-13-8-14(22-2)10-15(9-13)23-3/h8-10,12H,4-7,11H2,1-3H3,(H,18,21)/t12-/m1/s1. The molecular weight excluding hydrogens is 312 g/mol. The highest BCUT2D eigenvalue weighted by Crippen LogP contribution is 2.26. The van der Waals surface area contributed by atoms with Gasteiger partial charge in [0.15, 0.2) is 0 Å². The van der Waals surface area contributed by atoms with E-state index in [0.717, 1.165) is 12.8 Å². The monoisotopic (exact) mass is 336 g/mol. The summed E-state index contributed by atoms with van der Waals surface area (Å²) in [6, 6.07) is 4.91. The number of carbonyl (C=O) groups is 2. The van der Waals surface area contributed by atoms with Crippen LogP contribution in [0.2, 0.25) is 0 Å². The average molecular weight is 336 g/mol. The number of methoxy groups -OCH3 is 2. The Morgan fingerprint density at radius 2 is 1.88 bits per heavy atom. The molecule has 1 heterocycles. The van der Waals surface area contributed by atoms with E-state index in [1.807, 2.05) is 0 Å². The smallest absolute Gasteiger partial charge is 0.321 e. The number of amides is 2. The van der Waals surface area contributed by atoms with Crippen molar-refractivity contribution in [1.82, 2.24) is 4.90 Å². The molecule has 132 valence electrons. The van der Waals surface area contributed by atoms with E-state index in [-0.39, 0.29) is 17.9 Å². The summed E-state index contributed by atoms with van der Waals surface area (Å²) in [6.07, 6.45) is 1.52. The van der Waals surface area contributed by atoms with Gasteiger partial charge in [0, 0.05) is 37.0 Å². The van der Waals surface area contributed by atoms with Crippen LogP contribution in [-0.2, 0) is 9.53 Å². The Balaban J connectivity index is 2.02. The summed E-state index contributed by atoms with van der Waals surface area (Å²) >= 11 is 0. The van der Waals surface area contributed by atoms with Crippen LogP contribution < -0.4 is 14.8 Å². The Kier molecular flexibility index (Phi) is 6.28. The SMILES string of the molecule is CCOC(=O)[C@@H]1CCCN(C(=O)Nc2cc(OC)cc(OC)c2)C1. The van der Waals surface area contributed by atoms with Crippen LogP contribution in [0, 0.1) is 5.92 Å². The largest absolute Gasteiger partial charge is 0.497 e. The zero-order valence-corrected chi connectivity index (χ0v) is 14.3. The molecule has 0 radical (unpaired) electrons. The van der Waals surface area contributed by atoms with Gasteiger partial charge in [0.2, 0.25) is 0 Å². The lowest BCUT2D eigenvalue weighted by Crippen LogP contribution is -2.44. The van der Waals surface area contributed by atoms with Crippen molar-refractivity contribution in [3.05, 3.63) is 18.2 Å². The van der Waals surface area contributed by atoms with Crippen molar-refractivity contribution in [2.45, 2.75) is 19.8 Å². The predicted molar refractivity (Wildman–Crippen MR) is 89.5 cm³/mol. The Hall–Kier alpha value is -2.44. The van der Waals surface area contributed by atoms with E-state index < -0.39 is 0 Å². The summed E-state index contributed by atoms with van der Waals surface area (Å²) in [5, 5.41) is 2.83. The van der Waals surface area contributed by atoms with Gasteiger partial charge in [-0.3, -0.25) is 4.79 Å². The fraction of sp³-hybridized carbons (Fsp3) is 0.529. The second-order valence-corrected chi connectivity index (χ2v) is 5.57. The van der Waals surface area contributed by atoms with Crippen molar-refractivity contribution in [1.29, 1.82) is 0 Å². The lowest BCUT2D eigenvalue weighted by molar-refractivity contribution is -0.149. The first-order chi connectivity index (χ1) is 11.6. The minimum atomic E-state index is -0.260. The van der Waals surface area contributed by atoms with E-state index >= 15 is 0 Å². The molecule has 0 saturated carbocycles. The average Bonchev–Trinajstić information content (AvgIpc) is 2.61. The molecule has 2 rings (SSSR count). The maximum Gasteiger partial charge on any atom is 0.321 e. The van der Waals surface area contributed by atoms with Crippen molar-refractivity contribution in [2.24, 2.45) is 5.92 Å². The normalized spacial score (nSPS) is 17.1. The van der Waals surface area contributed by atoms with Crippen LogP contribution in [0.5, 0.6) is 11.5 Å². The quantitative estimate of drug-likeness (QED) is 0.836. The second-order valence-electron chi connectivity index (χ2n) is 5.57. The van der Waals surface area contributed by atoms with Crippen LogP contribution >= 0.6 is 0 Å². The first-order valence-electron chi connectivity index (χ1n) is 8.03. The summed E-state index contributed by atoms with van der Waals surface area (Å²) < 4.78 is 15.4. The number of nitrogens with one attached hydrogen (secondary N) is 1. The van der Waals surface area contributed by atoms with Crippen molar-refractivity contribution in [2.75, 3.05) is 39.2 Å². The molecule has 0 aliphatic carbocycles. The number of rotatable bonds is 5. The van der Waals surface area contributed by atoms with Crippen molar-refractivity contribution in [3.63, 3.8) is 0 Å². The zero-order valence-electron chi connectivity index (χ0n) is 14.3. The molecule has 1 aliphatic heterocycles. The van der Waals surface area contributed by atoms with E-state index in [4.69, 9.17) is 14.2 Å². The van der Waals surface area contributed by atoms with E-state index in [1.54, 1.807) is 44.2 Å². The Morgan fingerprint density at radius 1 is 1.21 bits per heavy atom. The van der Waals surface area contributed by atoms with Gasteiger partial charge < -0.3 is 24.4 Å². The van der Waals surface area contributed by atoms with Crippen LogP contribution in [0.15, 0.2) is 18.2 Å². The molecule has 1 aliphatic rings. The molecule has 7 heteroatoms. The van der Waals surface area contributed by atoms with Gasteiger partial charge in [0.25, 0.3) is 0 Å². The van der Waals surface area contributed by atoms with Gasteiger partial charge >= 0.3 is 12.0 Å². The number of urea groups is 1. The molecule has 7 nitrogen and oxygen atoms in total. The summed E-state index contributed by atoms with van der Waals surface area (Å²) in [6.45, 7) is 3.11. The number of hydrogen-bond donors (Lipinski definition) is 1. The number of piperidine rings is 1. The van der Waals surface area contributed by atoms with Crippen LogP contribution in [0.3, 0.4) is 0 Å². The molecule has 1 aromatic carbocycles. The fourth-order valence-electron chi connectivity index (χ4n) is 2.70. The van der Waals surface area contributed by atoms with Gasteiger partial charge in [-0.25, -0.2) is 4.79 Å². The zero-order chi connectivity index (χ0) is 17.5. The van der Waals surface area contributed by atoms with Gasteiger partial charge in [0.1, 0.15) is 11.5 Å². The summed E-state index contributed by atoms with van der Waals surface area (Å²) in [5.74, 6) is 0.683. The van der Waals surface area contributed by atoms with E-state index in [2.05, 4.69) is 5.32 Å². The number of anilines is 1. The molecule has 2 amide bonds. The third-order valence-corrected chi connectivity index (χ3v) is 3.93. The van der Waals surface area contributed by atoms with Crippen molar-refractivity contribution in [3.8, 4) is 11.5 Å². The van der Waals surface area contributed by atoms with Crippen molar-refractivity contribution >= 4 is 17.7 Å². The molecule has 0 bridgehead atoms. The number of benzene rings is 1. The third-order valence-electron chi connectivity index (χ3n) is 3.93. The molecule has 0 aromatic heterocycles. The highest BCUT2D eigenvalue weighted by atomic mass is 16.5. The Morgan fingerprint density at radius 3 is 2.46 bits per heavy atom. The minimum absolute atomic E-state index is 0.238. The summed E-state index contributed by atoms with van der Waals surface area (Å²) in [4.78, 5) is 26.0. The number of esters is 1. The Bertz CT molecular complexity index is 568. The molecule has 1 fully saturated rings. The lowest BCUT2D eigenvalue weighted by atomic mass is 9.98. The van der Waals surface area contributed by atoms with Crippen molar-refractivity contribution < 1.29 is 23.8 Å². The highest BCUT2D eigenvalue weighted by molar-refractivity contribution is 5.90. The van der Waals surface area contributed by atoms with Gasteiger partial charge in [-0.05, 0) is 19.8 Å². The number of likely N-dealkylation sites (tertiary alicyclic amines) is 1. The third kappa shape index (κ3) is 4.53. The first-order valence-corrected chi connectivity index (χ1v) is 8.03. The number of nitrogens with zero attached hydrogens (tertiary/aromatic N) is 1. The minimum Gasteiger partial charge on any atom is -0.497 e. The van der Waals surface area contributed by atoms with Crippen LogP contribution in [0.1, 0.15) is 19.8 Å². The van der Waals surface area contributed by atoms with Gasteiger partial charge in [-0.15, -0.1) is 0 Å².